The van der Waals surface area contributed by atoms with Gasteiger partial charge in [-0.25, -0.2) is 18.5 Å². The number of sulfonamides is 1. The minimum absolute atomic E-state index is 0.368. The van der Waals surface area contributed by atoms with Crippen LogP contribution in [0.15, 0.2) is 70.9 Å². The summed E-state index contributed by atoms with van der Waals surface area (Å²) in [6, 6.07) is 21.1. The average molecular weight is 542 g/mol. The topological polar surface area (TPSA) is 69.5 Å². The van der Waals surface area contributed by atoms with Gasteiger partial charge in [-0.3, -0.25) is 0 Å². The number of ether oxygens (including phenoxy) is 1. The fourth-order valence-electron chi connectivity index (χ4n) is 4.06. The highest BCUT2D eigenvalue weighted by atomic mass is 32.2. The Bertz CT molecular complexity index is 1110. The number of hydrogen-bond acceptors (Lipinski definition) is 4. The summed E-state index contributed by atoms with van der Waals surface area (Å²) in [6.45, 7) is 3.82. The number of nitrogens with zero attached hydrogens (tertiary/aromatic N) is 1. The van der Waals surface area contributed by atoms with Crippen LogP contribution in [0.3, 0.4) is 0 Å². The fourth-order valence-corrected chi connectivity index (χ4v) is 6.49. The lowest BCUT2D eigenvalue weighted by molar-refractivity contribution is 0.482. The zero-order valence-electron chi connectivity index (χ0n) is 22.0. The fraction of sp³-hybridized carbons (Fsp3) is 0.467. The Kier molecular flexibility index (Phi) is 13.2. The predicted molar refractivity (Wildman–Crippen MR) is 154 cm³/mol. The van der Waals surface area contributed by atoms with Gasteiger partial charge in [0.1, 0.15) is 15.7 Å². The van der Waals surface area contributed by atoms with Crippen molar-refractivity contribution < 1.29 is 13.2 Å². The number of benzene rings is 2. The largest absolute Gasteiger partial charge is 0.457 e. The van der Waals surface area contributed by atoms with Crippen molar-refractivity contribution in [1.29, 1.82) is 0 Å². The first-order valence-corrected chi connectivity index (χ1v) is 15.9. The van der Waals surface area contributed by atoms with E-state index in [4.69, 9.17) is 4.74 Å². The third-order valence-electron chi connectivity index (χ3n) is 6.19. The molecule has 3 rings (SSSR count). The van der Waals surface area contributed by atoms with Gasteiger partial charge in [0.15, 0.2) is 0 Å². The molecule has 1 heterocycles. The van der Waals surface area contributed by atoms with Crippen molar-refractivity contribution in [2.24, 2.45) is 0 Å². The van der Waals surface area contributed by atoms with E-state index >= 15 is 0 Å². The molecule has 1 aromatic heterocycles. The lowest BCUT2D eigenvalue weighted by Crippen LogP contribution is -2.23. The summed E-state index contributed by atoms with van der Waals surface area (Å²) < 4.78 is 34.2. The first-order valence-electron chi connectivity index (χ1n) is 13.6. The second-order valence-electron chi connectivity index (χ2n) is 9.40. The summed E-state index contributed by atoms with van der Waals surface area (Å²) in [5.41, 5.74) is 1.09. The van der Waals surface area contributed by atoms with Gasteiger partial charge in [-0.2, -0.15) is 0 Å². The predicted octanol–water partition coefficient (Wildman–Crippen LogP) is 8.04. The van der Waals surface area contributed by atoms with Gasteiger partial charge in [-0.15, -0.1) is 11.3 Å². The number of unbranched alkanes of at least 4 members (excludes halogenated alkanes) is 9. The Morgan fingerprint density at radius 2 is 1.35 bits per heavy atom. The van der Waals surface area contributed by atoms with Crippen LogP contribution in [0.5, 0.6) is 11.5 Å². The Morgan fingerprint density at radius 3 is 2.03 bits per heavy atom. The molecule has 0 aliphatic heterocycles. The highest BCUT2D eigenvalue weighted by molar-refractivity contribution is 7.91. The summed E-state index contributed by atoms with van der Waals surface area (Å²) >= 11 is 1.30. The monoisotopic (exact) mass is 541 g/mol. The van der Waals surface area contributed by atoms with Crippen molar-refractivity contribution in [2.75, 3.05) is 6.54 Å². The van der Waals surface area contributed by atoms with Crippen LogP contribution in [0, 0.1) is 0 Å². The quantitative estimate of drug-likeness (QED) is 0.156. The maximum atomic E-state index is 12.6. The average Bonchev–Trinajstić information content (AvgIpc) is 3.39. The molecular weight excluding hydrogens is 500 g/mol. The van der Waals surface area contributed by atoms with Crippen LogP contribution >= 0.6 is 11.3 Å². The van der Waals surface area contributed by atoms with E-state index in [1.54, 1.807) is 6.07 Å². The summed E-state index contributed by atoms with van der Waals surface area (Å²) in [7, 11) is -3.44. The van der Waals surface area contributed by atoms with Gasteiger partial charge in [0.25, 0.3) is 0 Å². The molecule has 3 aromatic rings. The van der Waals surface area contributed by atoms with Crippen molar-refractivity contribution in [3.8, 4) is 11.5 Å². The molecule has 201 valence electrons. The van der Waals surface area contributed by atoms with E-state index in [1.165, 1.54) is 62.7 Å². The first-order chi connectivity index (χ1) is 18.1. The Balaban J connectivity index is 1.29. The molecule has 37 heavy (non-hydrogen) atoms. The van der Waals surface area contributed by atoms with Crippen molar-refractivity contribution in [1.82, 2.24) is 10.0 Å². The molecule has 0 amide bonds. The van der Waals surface area contributed by atoms with E-state index in [9.17, 15) is 8.42 Å². The Hall–Kier alpha value is -2.19. The molecule has 0 aliphatic carbocycles. The van der Waals surface area contributed by atoms with Crippen molar-refractivity contribution in [3.63, 3.8) is 0 Å². The number of hydrogen-bond donors (Lipinski definition) is 1. The third kappa shape index (κ3) is 11.4. The number of thiophene rings is 1. The standard InChI is InChI=1S/C30H41N2O3S2/c1-2-3-4-5-6-7-8-9-10-14-23-32-37(33,34)30-22-21-29(36-30)25-31-24-26-17-19-28(20-18-26)35-27-15-12-11-13-16-27/h11-13,15-22,32H,2-10,14,23-25H2,1H3. The zero-order valence-corrected chi connectivity index (χ0v) is 23.7. The first kappa shape index (κ1) is 29.4. The van der Waals surface area contributed by atoms with Gasteiger partial charge in [0.2, 0.25) is 10.0 Å². The molecule has 5 nitrogen and oxygen atoms in total. The molecule has 0 fully saturated rings. The van der Waals surface area contributed by atoms with E-state index in [0.717, 1.165) is 34.8 Å². The van der Waals surface area contributed by atoms with Crippen molar-refractivity contribution >= 4 is 21.4 Å². The molecule has 0 bridgehead atoms. The summed E-state index contributed by atoms with van der Waals surface area (Å²) in [5, 5.41) is 4.61. The van der Waals surface area contributed by atoms with E-state index in [-0.39, 0.29) is 0 Å². The number of nitrogens with one attached hydrogen (secondary N) is 1. The second kappa shape index (κ2) is 16.6. The number of rotatable bonds is 19. The van der Waals surface area contributed by atoms with Crippen LogP contribution in [0.4, 0.5) is 0 Å². The third-order valence-corrected chi connectivity index (χ3v) is 9.21. The molecule has 0 aliphatic rings. The normalized spacial score (nSPS) is 11.6. The Morgan fingerprint density at radius 1 is 0.730 bits per heavy atom. The molecule has 1 N–H and O–H groups in total. The smallest absolute Gasteiger partial charge is 0.250 e. The molecule has 0 spiro atoms. The van der Waals surface area contributed by atoms with Gasteiger partial charge in [0.05, 0.1) is 0 Å². The van der Waals surface area contributed by atoms with E-state index in [1.807, 2.05) is 60.7 Å². The van der Waals surface area contributed by atoms with Crippen LogP contribution in [0.2, 0.25) is 0 Å². The Labute approximate surface area is 227 Å². The van der Waals surface area contributed by atoms with Gasteiger partial charge in [0, 0.05) is 24.5 Å². The number of para-hydroxylation sites is 1. The molecule has 7 heteroatoms. The lowest BCUT2D eigenvalue weighted by atomic mass is 10.1. The highest BCUT2D eigenvalue weighted by Crippen LogP contribution is 2.23. The highest BCUT2D eigenvalue weighted by Gasteiger charge is 2.16. The summed E-state index contributed by atoms with van der Waals surface area (Å²) in [5.74, 6) is 1.59. The SMILES string of the molecule is CCCCCCCCCCCCNS(=O)(=O)c1ccc(C[N]Cc2ccc(Oc3ccccc3)cc2)s1. The minimum Gasteiger partial charge on any atom is -0.457 e. The zero-order chi connectivity index (χ0) is 26.2. The van der Waals surface area contributed by atoms with Crippen LogP contribution in [0.1, 0.15) is 81.6 Å². The summed E-state index contributed by atoms with van der Waals surface area (Å²) in [4.78, 5) is 0.948. The molecule has 2 aromatic carbocycles. The van der Waals surface area contributed by atoms with Crippen LogP contribution in [-0.2, 0) is 23.1 Å². The van der Waals surface area contributed by atoms with Gasteiger partial charge < -0.3 is 4.74 Å². The van der Waals surface area contributed by atoms with Crippen LogP contribution < -0.4 is 14.8 Å². The van der Waals surface area contributed by atoms with Crippen molar-refractivity contribution in [3.05, 3.63) is 77.2 Å². The van der Waals surface area contributed by atoms with Gasteiger partial charge in [-0.05, 0) is 48.4 Å². The molecule has 0 saturated heterocycles. The van der Waals surface area contributed by atoms with Crippen molar-refractivity contribution in [2.45, 2.75) is 88.4 Å². The van der Waals surface area contributed by atoms with E-state index < -0.39 is 10.0 Å². The van der Waals surface area contributed by atoms with Crippen LogP contribution in [-0.4, -0.2) is 15.0 Å². The molecule has 0 atom stereocenters. The van der Waals surface area contributed by atoms with E-state index in [0.29, 0.717) is 23.8 Å². The molecular formula is C30H41N2O3S2. The molecule has 0 saturated carbocycles. The second-order valence-corrected chi connectivity index (χ2v) is 12.6. The maximum absolute atomic E-state index is 12.6. The molecule has 0 unspecified atom stereocenters. The lowest BCUT2D eigenvalue weighted by Gasteiger charge is -2.07. The van der Waals surface area contributed by atoms with Gasteiger partial charge >= 0.3 is 0 Å². The van der Waals surface area contributed by atoms with Crippen LogP contribution in [0.25, 0.3) is 0 Å². The molecule has 1 radical (unpaired) electrons. The van der Waals surface area contributed by atoms with Gasteiger partial charge in [-0.1, -0.05) is 95.0 Å². The maximum Gasteiger partial charge on any atom is 0.250 e. The summed E-state index contributed by atoms with van der Waals surface area (Å²) in [6.07, 6.45) is 12.4. The van der Waals surface area contributed by atoms with E-state index in [2.05, 4.69) is 17.0 Å². The minimum atomic E-state index is -3.44.